The lowest BCUT2D eigenvalue weighted by Gasteiger charge is -2.16. The van der Waals surface area contributed by atoms with Gasteiger partial charge in [-0.15, -0.1) is 0 Å². The molecule has 4 aromatic rings. The number of aromatic nitrogens is 4. The predicted molar refractivity (Wildman–Crippen MR) is 132 cm³/mol. The van der Waals surface area contributed by atoms with Crippen LogP contribution in [0.25, 0.3) is 17.0 Å². The van der Waals surface area contributed by atoms with E-state index < -0.39 is 13.0 Å². The minimum absolute atomic E-state index is 0.227. The molecule has 1 amide bonds. The number of ether oxygens (including phenoxy) is 1. The van der Waals surface area contributed by atoms with Crippen molar-refractivity contribution in [3.8, 4) is 12.0 Å². The van der Waals surface area contributed by atoms with Crippen LogP contribution in [0.2, 0.25) is 0 Å². The normalized spacial score (nSPS) is 12.6. The molecule has 0 fully saturated rings. The minimum Gasteiger partial charge on any atom is -0.468 e. The summed E-state index contributed by atoms with van der Waals surface area (Å²) in [6.45, 7) is 1.21. The number of likely N-dealkylation sites (N-methyl/N-ethyl adjacent to an activating group) is 1. The maximum Gasteiger partial charge on any atom is 0.488 e. The van der Waals surface area contributed by atoms with E-state index in [2.05, 4.69) is 15.2 Å². The molecular weight excluding hydrogens is 449 g/mol. The van der Waals surface area contributed by atoms with Gasteiger partial charge in [0.05, 0.1) is 18.2 Å². The highest BCUT2D eigenvalue weighted by atomic mass is 16.5. The number of anilines is 2. The van der Waals surface area contributed by atoms with Crippen LogP contribution in [0.15, 0.2) is 42.5 Å². The third-order valence-electron chi connectivity index (χ3n) is 6.04. The third kappa shape index (κ3) is 4.02. The van der Waals surface area contributed by atoms with E-state index in [9.17, 15) is 14.8 Å². The van der Waals surface area contributed by atoms with Crippen LogP contribution in [-0.4, -0.2) is 63.3 Å². The van der Waals surface area contributed by atoms with Crippen molar-refractivity contribution in [3.63, 3.8) is 0 Å². The summed E-state index contributed by atoms with van der Waals surface area (Å²) >= 11 is 0. The lowest BCUT2D eigenvalue weighted by atomic mass is 9.80. The van der Waals surface area contributed by atoms with Crippen molar-refractivity contribution in [2.24, 2.45) is 5.73 Å². The molecule has 35 heavy (non-hydrogen) atoms. The fourth-order valence-electron chi connectivity index (χ4n) is 4.29. The van der Waals surface area contributed by atoms with Gasteiger partial charge in [-0.3, -0.25) is 4.79 Å². The Bertz CT molecular complexity index is 1440. The molecule has 1 aliphatic heterocycles. The number of fused-ring (bicyclic) bond motifs is 2. The summed E-state index contributed by atoms with van der Waals surface area (Å²) in [5.41, 5.74) is 9.09. The van der Waals surface area contributed by atoms with Crippen LogP contribution in [0.5, 0.6) is 6.01 Å². The zero-order chi connectivity index (χ0) is 24.7. The van der Waals surface area contributed by atoms with Crippen molar-refractivity contribution in [2.75, 3.05) is 30.9 Å². The van der Waals surface area contributed by atoms with Gasteiger partial charge in [-0.05, 0) is 29.6 Å². The molecule has 3 heterocycles. The molecule has 178 valence electrons. The Morgan fingerprint density at radius 1 is 1.20 bits per heavy atom. The molecule has 1 aliphatic rings. The van der Waals surface area contributed by atoms with E-state index >= 15 is 0 Å². The Morgan fingerprint density at radius 3 is 2.74 bits per heavy atom. The number of benzene rings is 2. The van der Waals surface area contributed by atoms with Crippen molar-refractivity contribution in [1.82, 2.24) is 19.5 Å². The zero-order valence-electron chi connectivity index (χ0n) is 19.3. The smallest absolute Gasteiger partial charge is 0.468 e. The SMILES string of the molecule is COc1nc2c(C(N)=O)cccc2n1-c1nc(NCc2cccc(B(O)O)c2)c2c(n1)N(C)CC2. The first-order valence-electron chi connectivity index (χ1n) is 11.0. The largest absolute Gasteiger partial charge is 0.488 e. The number of methoxy groups -OCH3 is 1. The van der Waals surface area contributed by atoms with Crippen molar-refractivity contribution >= 4 is 41.2 Å². The second kappa shape index (κ2) is 8.89. The number of nitrogens with two attached hydrogens (primary N) is 1. The van der Waals surface area contributed by atoms with Gasteiger partial charge in [-0.1, -0.05) is 30.3 Å². The molecule has 12 heteroatoms. The summed E-state index contributed by atoms with van der Waals surface area (Å²) in [6, 6.07) is 12.4. The number of carbonyl (C=O) groups is 1. The van der Waals surface area contributed by atoms with E-state index in [1.54, 1.807) is 41.0 Å². The number of amides is 1. The maximum atomic E-state index is 11.9. The molecule has 5 N–H and O–H groups in total. The highest BCUT2D eigenvalue weighted by Crippen LogP contribution is 2.34. The van der Waals surface area contributed by atoms with Crippen molar-refractivity contribution in [2.45, 2.75) is 13.0 Å². The molecule has 5 rings (SSSR count). The van der Waals surface area contributed by atoms with Crippen LogP contribution in [0.3, 0.4) is 0 Å². The second-order valence-electron chi connectivity index (χ2n) is 8.29. The molecule has 0 spiro atoms. The van der Waals surface area contributed by atoms with E-state index in [1.165, 1.54) is 7.11 Å². The summed E-state index contributed by atoms with van der Waals surface area (Å²) < 4.78 is 7.16. The molecule has 2 aromatic heterocycles. The van der Waals surface area contributed by atoms with E-state index in [0.717, 1.165) is 29.9 Å². The molecule has 11 nitrogen and oxygen atoms in total. The van der Waals surface area contributed by atoms with Crippen molar-refractivity contribution < 1.29 is 19.6 Å². The Hall–Kier alpha value is -4.16. The van der Waals surface area contributed by atoms with Gasteiger partial charge in [0.2, 0.25) is 5.95 Å². The summed E-state index contributed by atoms with van der Waals surface area (Å²) in [7, 11) is 1.92. The summed E-state index contributed by atoms with van der Waals surface area (Å²) in [5.74, 6) is 1.18. The standard InChI is InChI=1S/C23H24BN7O4/c1-30-10-9-16-20(26-12-13-5-3-6-14(11-13)24(33)34)28-22(29-21(16)30)31-17-8-4-7-15(19(25)32)18(17)27-23(31)35-2/h3-8,11,33-34H,9-10,12H2,1-2H3,(H2,25,32)(H,26,28,29). The van der Waals surface area contributed by atoms with Crippen LogP contribution >= 0.6 is 0 Å². The number of nitrogens with one attached hydrogen (secondary N) is 1. The lowest BCUT2D eigenvalue weighted by Crippen LogP contribution is -2.30. The lowest BCUT2D eigenvalue weighted by molar-refractivity contribution is 0.100. The molecule has 0 saturated heterocycles. The number of carbonyl (C=O) groups excluding carboxylic acids is 1. The monoisotopic (exact) mass is 473 g/mol. The number of primary amides is 1. The van der Waals surface area contributed by atoms with Gasteiger partial charge in [0.25, 0.3) is 5.91 Å². The van der Waals surface area contributed by atoms with Gasteiger partial charge in [0.15, 0.2) is 0 Å². The number of hydrogen-bond acceptors (Lipinski definition) is 9. The van der Waals surface area contributed by atoms with Crippen molar-refractivity contribution in [1.29, 1.82) is 0 Å². The average Bonchev–Trinajstić information content (AvgIpc) is 3.42. The van der Waals surface area contributed by atoms with Gasteiger partial charge in [-0.25, -0.2) is 4.57 Å². The van der Waals surface area contributed by atoms with Crippen LogP contribution < -0.4 is 26.2 Å². The van der Waals surface area contributed by atoms with E-state index in [-0.39, 0.29) is 11.6 Å². The van der Waals surface area contributed by atoms with E-state index in [0.29, 0.717) is 34.8 Å². The van der Waals surface area contributed by atoms with Crippen LogP contribution in [0.4, 0.5) is 11.6 Å². The Balaban J connectivity index is 1.60. The topological polar surface area (TPSA) is 152 Å². The molecule has 2 aromatic carbocycles. The van der Waals surface area contributed by atoms with Crippen LogP contribution in [0, 0.1) is 0 Å². The van der Waals surface area contributed by atoms with Gasteiger partial charge < -0.3 is 30.7 Å². The molecular formula is C23H24BN7O4. The third-order valence-corrected chi connectivity index (χ3v) is 6.04. The Kier molecular flexibility index (Phi) is 5.75. The first-order chi connectivity index (χ1) is 16.9. The van der Waals surface area contributed by atoms with Crippen LogP contribution in [0.1, 0.15) is 21.5 Å². The first-order valence-corrected chi connectivity index (χ1v) is 11.0. The number of hydrogen-bond donors (Lipinski definition) is 4. The fraction of sp³-hybridized carbons (Fsp3) is 0.217. The summed E-state index contributed by atoms with van der Waals surface area (Å²) in [6.07, 6.45) is 0.775. The highest BCUT2D eigenvalue weighted by Gasteiger charge is 2.26. The molecule has 0 unspecified atom stereocenters. The van der Waals surface area contributed by atoms with Gasteiger partial charge in [0.1, 0.15) is 17.2 Å². The fourth-order valence-corrected chi connectivity index (χ4v) is 4.29. The number of rotatable bonds is 7. The molecule has 0 bridgehead atoms. The Labute approximate surface area is 201 Å². The zero-order valence-corrected chi connectivity index (χ0v) is 19.3. The van der Waals surface area contributed by atoms with Gasteiger partial charge in [-0.2, -0.15) is 15.0 Å². The number of nitrogens with zero attached hydrogens (tertiary/aromatic N) is 5. The average molecular weight is 473 g/mol. The van der Waals surface area contributed by atoms with E-state index in [1.807, 2.05) is 13.1 Å². The molecule has 0 saturated carbocycles. The highest BCUT2D eigenvalue weighted by molar-refractivity contribution is 6.58. The predicted octanol–water partition coefficient (Wildman–Crippen LogP) is 0.207. The maximum absolute atomic E-state index is 11.9. The van der Waals surface area contributed by atoms with E-state index in [4.69, 9.17) is 20.4 Å². The van der Waals surface area contributed by atoms with Gasteiger partial charge >= 0.3 is 13.1 Å². The first kappa shape index (κ1) is 22.6. The quantitative estimate of drug-likeness (QED) is 0.276. The van der Waals surface area contributed by atoms with Crippen LogP contribution in [-0.2, 0) is 13.0 Å². The summed E-state index contributed by atoms with van der Waals surface area (Å²) in [4.78, 5) is 28.1. The number of imidazole rings is 1. The molecule has 0 aliphatic carbocycles. The minimum atomic E-state index is -1.54. The number of para-hydroxylation sites is 1. The second-order valence-corrected chi connectivity index (χ2v) is 8.29. The summed E-state index contributed by atoms with van der Waals surface area (Å²) in [5, 5.41) is 22.3. The molecule has 0 atom stereocenters. The van der Waals surface area contributed by atoms with Crippen molar-refractivity contribution in [3.05, 3.63) is 59.2 Å². The molecule has 0 radical (unpaired) electrons. The Morgan fingerprint density at radius 2 is 2.00 bits per heavy atom. The van der Waals surface area contributed by atoms with Gasteiger partial charge in [0, 0.05) is 25.7 Å².